The molecule has 0 N–H and O–H groups in total. The van der Waals surface area contributed by atoms with Crippen LogP contribution in [0.15, 0.2) is 29.2 Å². The van der Waals surface area contributed by atoms with Crippen molar-refractivity contribution >= 4 is 11.8 Å². The summed E-state index contributed by atoms with van der Waals surface area (Å²) in [7, 11) is 2.22. The summed E-state index contributed by atoms with van der Waals surface area (Å²) in [5, 5.41) is 0. The van der Waals surface area contributed by atoms with Gasteiger partial charge in [-0.25, -0.2) is 0 Å². The number of likely N-dealkylation sites (N-methyl/N-ethyl adjacent to an activating group) is 1. The van der Waals surface area contributed by atoms with Gasteiger partial charge >= 0.3 is 0 Å². The fourth-order valence-electron chi connectivity index (χ4n) is 2.84. The van der Waals surface area contributed by atoms with Gasteiger partial charge in [0, 0.05) is 37.1 Å². The van der Waals surface area contributed by atoms with Gasteiger partial charge in [0.1, 0.15) is 0 Å². The fourth-order valence-corrected chi connectivity index (χ4v) is 3.94. The van der Waals surface area contributed by atoms with Crippen LogP contribution >= 0.6 is 11.8 Å². The summed E-state index contributed by atoms with van der Waals surface area (Å²) in [5.74, 6) is 1.27. The Morgan fingerprint density at radius 3 is 2.71 bits per heavy atom. The van der Waals surface area contributed by atoms with E-state index >= 15 is 0 Å². The average molecular weight is 248 g/mol. The molecule has 0 aliphatic carbocycles. The van der Waals surface area contributed by atoms with Crippen molar-refractivity contribution in [3.8, 4) is 0 Å². The molecule has 17 heavy (non-hydrogen) atoms. The first-order valence-corrected chi connectivity index (χ1v) is 7.47. The number of hydrogen-bond acceptors (Lipinski definition) is 3. The highest BCUT2D eigenvalue weighted by Gasteiger charge is 2.27. The molecule has 1 aromatic carbocycles. The maximum atomic E-state index is 2.68. The van der Waals surface area contributed by atoms with Gasteiger partial charge in [-0.1, -0.05) is 18.2 Å². The zero-order valence-electron chi connectivity index (χ0n) is 10.4. The summed E-state index contributed by atoms with van der Waals surface area (Å²) in [6.45, 7) is 4.87. The van der Waals surface area contributed by atoms with Crippen LogP contribution in [0.3, 0.4) is 0 Å². The first-order chi connectivity index (χ1) is 8.34. The van der Waals surface area contributed by atoms with E-state index in [4.69, 9.17) is 0 Å². The van der Waals surface area contributed by atoms with Gasteiger partial charge in [-0.2, -0.15) is 0 Å². The largest absolute Gasteiger partial charge is 0.304 e. The fraction of sp³-hybridized carbons (Fsp3) is 0.571. The molecule has 1 saturated heterocycles. The van der Waals surface area contributed by atoms with E-state index in [0.29, 0.717) is 6.04 Å². The van der Waals surface area contributed by atoms with Crippen LogP contribution in [0.5, 0.6) is 0 Å². The zero-order valence-corrected chi connectivity index (χ0v) is 11.2. The van der Waals surface area contributed by atoms with Crippen molar-refractivity contribution in [1.82, 2.24) is 9.80 Å². The molecular weight excluding hydrogens is 228 g/mol. The maximum absolute atomic E-state index is 2.68. The minimum absolute atomic E-state index is 0.668. The number of nitrogens with zero attached hydrogens (tertiary/aromatic N) is 2. The summed E-state index contributed by atoms with van der Waals surface area (Å²) in [5.41, 5.74) is 1.56. The molecule has 0 amide bonds. The first-order valence-electron chi connectivity index (χ1n) is 6.49. The van der Waals surface area contributed by atoms with Crippen LogP contribution in [0.1, 0.15) is 18.0 Å². The molecule has 3 heteroatoms. The van der Waals surface area contributed by atoms with Crippen LogP contribution in [-0.4, -0.2) is 48.8 Å². The minimum Gasteiger partial charge on any atom is -0.304 e. The van der Waals surface area contributed by atoms with Crippen LogP contribution in [0.25, 0.3) is 0 Å². The number of piperazine rings is 1. The van der Waals surface area contributed by atoms with Crippen molar-refractivity contribution in [1.29, 1.82) is 0 Å². The third-order valence-electron chi connectivity index (χ3n) is 3.91. The van der Waals surface area contributed by atoms with Gasteiger partial charge < -0.3 is 4.90 Å². The minimum atomic E-state index is 0.668. The van der Waals surface area contributed by atoms with Crippen molar-refractivity contribution in [2.24, 2.45) is 0 Å². The van der Waals surface area contributed by atoms with Crippen LogP contribution in [-0.2, 0) is 0 Å². The molecule has 0 aromatic heterocycles. The lowest BCUT2D eigenvalue weighted by molar-refractivity contribution is 0.107. The molecule has 92 valence electrons. The molecule has 0 bridgehead atoms. The van der Waals surface area contributed by atoms with Crippen LogP contribution in [0.4, 0.5) is 0 Å². The highest BCUT2D eigenvalue weighted by atomic mass is 32.2. The van der Waals surface area contributed by atoms with E-state index in [0.717, 1.165) is 0 Å². The number of hydrogen-bond donors (Lipinski definition) is 0. The molecule has 1 aromatic rings. The van der Waals surface area contributed by atoms with E-state index in [1.807, 2.05) is 11.8 Å². The summed E-state index contributed by atoms with van der Waals surface area (Å²) < 4.78 is 0. The van der Waals surface area contributed by atoms with Crippen molar-refractivity contribution in [2.45, 2.75) is 17.4 Å². The van der Waals surface area contributed by atoms with E-state index in [1.54, 1.807) is 5.56 Å². The van der Waals surface area contributed by atoms with E-state index in [9.17, 15) is 0 Å². The standard InChI is InChI=1S/C14H20N2S/c1-15-7-9-16(10-8-15)13-6-11-17-14-5-3-2-4-12(13)14/h2-5,13H,6-11H2,1H3. The SMILES string of the molecule is CN1CCN(C2CCSc3ccccc32)CC1. The number of rotatable bonds is 1. The average Bonchev–Trinajstić information content (AvgIpc) is 2.39. The lowest BCUT2D eigenvalue weighted by Crippen LogP contribution is -2.46. The van der Waals surface area contributed by atoms with Crippen molar-refractivity contribution in [3.63, 3.8) is 0 Å². The predicted octanol–water partition coefficient (Wildman–Crippen LogP) is 2.47. The van der Waals surface area contributed by atoms with Crippen LogP contribution in [0, 0.1) is 0 Å². The molecule has 1 atom stereocenters. The predicted molar refractivity (Wildman–Crippen MR) is 73.6 cm³/mol. The van der Waals surface area contributed by atoms with Crippen molar-refractivity contribution in [2.75, 3.05) is 39.0 Å². The molecule has 2 heterocycles. The monoisotopic (exact) mass is 248 g/mol. The lowest BCUT2D eigenvalue weighted by atomic mass is 10.0. The summed E-state index contributed by atoms with van der Waals surface area (Å²) in [4.78, 5) is 6.61. The third-order valence-corrected chi connectivity index (χ3v) is 5.03. The van der Waals surface area contributed by atoms with E-state index < -0.39 is 0 Å². The molecule has 0 radical (unpaired) electrons. The smallest absolute Gasteiger partial charge is 0.0368 e. The molecular formula is C14H20N2S. The highest BCUT2D eigenvalue weighted by Crippen LogP contribution is 2.39. The summed E-state index contributed by atoms with van der Waals surface area (Å²) >= 11 is 2.02. The quantitative estimate of drug-likeness (QED) is 0.754. The number of fused-ring (bicyclic) bond motifs is 1. The van der Waals surface area contributed by atoms with E-state index in [1.165, 1.54) is 43.2 Å². The number of thioether (sulfide) groups is 1. The van der Waals surface area contributed by atoms with Crippen LogP contribution in [0.2, 0.25) is 0 Å². The topological polar surface area (TPSA) is 6.48 Å². The Labute approximate surface area is 108 Å². The normalized spacial score (nSPS) is 26.8. The summed E-state index contributed by atoms with van der Waals surface area (Å²) in [6.07, 6.45) is 1.31. The van der Waals surface area contributed by atoms with Crippen LogP contribution < -0.4 is 0 Å². The van der Waals surface area contributed by atoms with Crippen molar-refractivity contribution in [3.05, 3.63) is 29.8 Å². The van der Waals surface area contributed by atoms with Gasteiger partial charge in [0.15, 0.2) is 0 Å². The highest BCUT2D eigenvalue weighted by molar-refractivity contribution is 7.99. The zero-order chi connectivity index (χ0) is 11.7. The molecule has 2 aliphatic heterocycles. The lowest BCUT2D eigenvalue weighted by Gasteiger charge is -2.40. The molecule has 1 fully saturated rings. The Bertz CT molecular complexity index is 386. The van der Waals surface area contributed by atoms with Gasteiger partial charge in [-0.15, -0.1) is 11.8 Å². The second-order valence-electron chi connectivity index (χ2n) is 5.03. The second kappa shape index (κ2) is 5.01. The molecule has 2 nitrogen and oxygen atoms in total. The molecule has 0 saturated carbocycles. The Morgan fingerprint density at radius 1 is 1.12 bits per heavy atom. The Kier molecular flexibility index (Phi) is 3.41. The molecule has 0 spiro atoms. The van der Waals surface area contributed by atoms with Gasteiger partial charge in [-0.05, 0) is 30.9 Å². The van der Waals surface area contributed by atoms with Gasteiger partial charge in [-0.3, -0.25) is 4.90 Å². The summed E-state index contributed by atoms with van der Waals surface area (Å²) in [6, 6.07) is 9.62. The van der Waals surface area contributed by atoms with Crippen molar-refractivity contribution < 1.29 is 0 Å². The Hall–Kier alpha value is -0.510. The van der Waals surface area contributed by atoms with E-state index in [-0.39, 0.29) is 0 Å². The number of benzene rings is 1. The van der Waals surface area contributed by atoms with Gasteiger partial charge in [0.2, 0.25) is 0 Å². The first kappa shape index (κ1) is 11.6. The van der Waals surface area contributed by atoms with Gasteiger partial charge in [0.05, 0.1) is 0 Å². The molecule has 3 rings (SSSR count). The molecule has 2 aliphatic rings. The molecule has 1 unspecified atom stereocenters. The Balaban J connectivity index is 1.80. The maximum Gasteiger partial charge on any atom is 0.0368 e. The third kappa shape index (κ3) is 2.37. The Morgan fingerprint density at radius 2 is 1.88 bits per heavy atom. The second-order valence-corrected chi connectivity index (χ2v) is 6.17. The van der Waals surface area contributed by atoms with E-state index in [2.05, 4.69) is 41.1 Å². The van der Waals surface area contributed by atoms with Gasteiger partial charge in [0.25, 0.3) is 0 Å².